The van der Waals surface area contributed by atoms with E-state index in [0.717, 1.165) is 25.1 Å². The summed E-state index contributed by atoms with van der Waals surface area (Å²) in [6.07, 6.45) is -4.30. The number of carbonyl (C=O) groups is 1. The normalized spacial score (nSPS) is 20.9. The third-order valence-corrected chi connectivity index (χ3v) is 5.03. The van der Waals surface area contributed by atoms with Crippen LogP contribution in [0.3, 0.4) is 0 Å². The number of carbonyl (C=O) groups excluding carboxylic acids is 1. The summed E-state index contributed by atoms with van der Waals surface area (Å²) in [7, 11) is 0. The van der Waals surface area contributed by atoms with Gasteiger partial charge in [-0.25, -0.2) is 18.2 Å². The molecule has 0 spiro atoms. The Morgan fingerprint density at radius 2 is 1.97 bits per heavy atom. The van der Waals surface area contributed by atoms with Crippen LogP contribution in [0.2, 0.25) is 5.02 Å². The van der Waals surface area contributed by atoms with Gasteiger partial charge in [0.05, 0.1) is 10.6 Å². The summed E-state index contributed by atoms with van der Waals surface area (Å²) in [6, 6.07) is 3.33. The fraction of sp³-hybridized carbons (Fsp3) is 0.316. The molecule has 0 unspecified atom stereocenters. The van der Waals surface area contributed by atoms with Gasteiger partial charge < -0.3 is 15.8 Å². The lowest BCUT2D eigenvalue weighted by molar-refractivity contribution is -0.137. The Hall–Kier alpha value is -2.86. The largest absolute Gasteiger partial charge is 0.417 e. The van der Waals surface area contributed by atoms with E-state index in [4.69, 9.17) is 22.1 Å². The van der Waals surface area contributed by atoms with Crippen LogP contribution in [0, 0.1) is 5.82 Å². The van der Waals surface area contributed by atoms with Crippen molar-refractivity contribution in [3.05, 3.63) is 58.1 Å². The number of aromatic nitrogens is 1. The predicted octanol–water partition coefficient (Wildman–Crippen LogP) is 4.38. The molecule has 1 aromatic carbocycles. The van der Waals surface area contributed by atoms with Gasteiger partial charge in [-0.15, -0.1) is 0 Å². The van der Waals surface area contributed by atoms with Crippen LogP contribution in [-0.2, 0) is 16.5 Å². The van der Waals surface area contributed by atoms with Crippen LogP contribution in [0.15, 0.2) is 35.5 Å². The highest BCUT2D eigenvalue weighted by atomic mass is 35.5. The van der Waals surface area contributed by atoms with Crippen molar-refractivity contribution in [2.45, 2.75) is 24.6 Å². The van der Waals surface area contributed by atoms with Gasteiger partial charge in [0.25, 0.3) is 11.8 Å². The zero-order valence-corrected chi connectivity index (χ0v) is 17.0. The van der Waals surface area contributed by atoms with Gasteiger partial charge in [-0.1, -0.05) is 11.6 Å². The smallest absolute Gasteiger partial charge is 0.385 e. The van der Waals surface area contributed by atoms with E-state index in [-0.39, 0.29) is 18.1 Å². The van der Waals surface area contributed by atoms with Gasteiger partial charge in [0.2, 0.25) is 0 Å². The number of rotatable bonds is 3. The zero-order chi connectivity index (χ0) is 23.9. The molecule has 1 aromatic heterocycles. The van der Waals surface area contributed by atoms with Crippen molar-refractivity contribution >= 4 is 29.0 Å². The van der Waals surface area contributed by atoms with E-state index < -0.39 is 57.8 Å². The van der Waals surface area contributed by atoms with Crippen LogP contribution in [0.25, 0.3) is 0 Å². The number of nitrogens with zero attached hydrogens (tertiary/aromatic N) is 2. The molecule has 2 heterocycles. The van der Waals surface area contributed by atoms with E-state index in [1.54, 1.807) is 0 Å². The number of nitrogens with two attached hydrogens (primary N) is 1. The molecule has 3 N–H and O–H groups in total. The Morgan fingerprint density at radius 3 is 2.59 bits per heavy atom. The lowest BCUT2D eigenvalue weighted by atomic mass is 9.85. The van der Waals surface area contributed by atoms with Crippen LogP contribution >= 0.6 is 11.6 Å². The number of amides is 1. The molecule has 1 amide bonds. The lowest BCUT2D eigenvalue weighted by Crippen LogP contribution is -2.45. The van der Waals surface area contributed by atoms with Crippen LogP contribution in [0.4, 0.5) is 32.0 Å². The highest BCUT2D eigenvalue weighted by Crippen LogP contribution is 2.44. The number of hydrogen-bond donors (Lipinski definition) is 2. The molecule has 172 valence electrons. The number of nitrogens with one attached hydrogen (secondary N) is 1. The monoisotopic (exact) mass is 480 g/mol. The maximum atomic E-state index is 14.7. The van der Waals surface area contributed by atoms with E-state index >= 15 is 0 Å². The quantitative estimate of drug-likeness (QED) is 0.638. The first-order chi connectivity index (χ1) is 14.7. The third kappa shape index (κ3) is 4.51. The third-order valence-electron chi connectivity index (χ3n) is 4.74. The van der Waals surface area contributed by atoms with Crippen molar-refractivity contribution < 1.29 is 35.9 Å². The number of hydrogen-bond acceptors (Lipinski definition) is 5. The van der Waals surface area contributed by atoms with E-state index in [2.05, 4.69) is 15.3 Å². The summed E-state index contributed by atoms with van der Waals surface area (Å²) < 4.78 is 87.0. The SMILES string of the molecule is C[C@]1(c2cc(NC(=O)c3ncc(C(F)(F)F)cc3Cl)ccc2F)N=C(N)COCC1(F)F. The van der Waals surface area contributed by atoms with Gasteiger partial charge >= 0.3 is 6.18 Å². The molecule has 0 saturated carbocycles. The molecule has 0 bridgehead atoms. The summed E-state index contributed by atoms with van der Waals surface area (Å²) in [6.45, 7) is -0.483. The molecule has 32 heavy (non-hydrogen) atoms. The number of pyridine rings is 1. The van der Waals surface area contributed by atoms with Crippen molar-refractivity contribution in [2.75, 3.05) is 18.5 Å². The summed E-state index contributed by atoms with van der Waals surface area (Å²) in [5.74, 6) is -6.02. The van der Waals surface area contributed by atoms with Crippen molar-refractivity contribution in [3.8, 4) is 0 Å². The van der Waals surface area contributed by atoms with E-state index in [1.807, 2.05) is 0 Å². The van der Waals surface area contributed by atoms with Crippen LogP contribution < -0.4 is 11.1 Å². The minimum atomic E-state index is -4.72. The second-order valence-corrected chi connectivity index (χ2v) is 7.48. The van der Waals surface area contributed by atoms with Gasteiger partial charge in [-0.3, -0.25) is 9.79 Å². The molecular weight excluding hydrogens is 466 g/mol. The second kappa shape index (κ2) is 8.24. The molecule has 3 rings (SSSR count). The zero-order valence-electron chi connectivity index (χ0n) is 16.2. The summed E-state index contributed by atoms with van der Waals surface area (Å²) in [5, 5.41) is 1.66. The number of benzene rings is 1. The second-order valence-electron chi connectivity index (χ2n) is 7.07. The predicted molar refractivity (Wildman–Crippen MR) is 103 cm³/mol. The summed E-state index contributed by atoms with van der Waals surface area (Å²) >= 11 is 5.74. The molecule has 1 aliphatic heterocycles. The van der Waals surface area contributed by atoms with Gasteiger partial charge in [-0.05, 0) is 31.2 Å². The minimum Gasteiger partial charge on any atom is -0.385 e. The number of alkyl halides is 5. The Bertz CT molecular complexity index is 1090. The van der Waals surface area contributed by atoms with Gasteiger partial charge in [0, 0.05) is 17.4 Å². The topological polar surface area (TPSA) is 89.6 Å². The maximum Gasteiger partial charge on any atom is 0.417 e. The van der Waals surface area contributed by atoms with Crippen LogP contribution in [0.5, 0.6) is 0 Å². The molecule has 0 fully saturated rings. The minimum absolute atomic E-state index is 0.153. The molecule has 0 radical (unpaired) electrons. The van der Waals surface area contributed by atoms with Crippen LogP contribution in [-0.4, -0.2) is 35.9 Å². The number of aliphatic imine (C=N–C) groups is 1. The molecule has 0 saturated heterocycles. The fourth-order valence-electron chi connectivity index (χ4n) is 3.01. The molecular formula is C19H15ClF6N4O2. The number of amidine groups is 1. The van der Waals surface area contributed by atoms with E-state index in [0.29, 0.717) is 12.3 Å². The first kappa shape index (κ1) is 23.8. The van der Waals surface area contributed by atoms with Gasteiger partial charge in [-0.2, -0.15) is 13.2 Å². The summed E-state index contributed by atoms with van der Waals surface area (Å²) in [4.78, 5) is 19.6. The Morgan fingerprint density at radius 1 is 1.28 bits per heavy atom. The number of halogens is 7. The van der Waals surface area contributed by atoms with Gasteiger partial charge in [0.1, 0.15) is 30.6 Å². The summed E-state index contributed by atoms with van der Waals surface area (Å²) in [5.41, 5.74) is 0.666. The van der Waals surface area contributed by atoms with Crippen molar-refractivity contribution in [1.29, 1.82) is 0 Å². The van der Waals surface area contributed by atoms with Crippen molar-refractivity contribution in [3.63, 3.8) is 0 Å². The van der Waals surface area contributed by atoms with Crippen molar-refractivity contribution in [1.82, 2.24) is 4.98 Å². The average Bonchev–Trinajstić information content (AvgIpc) is 2.77. The van der Waals surface area contributed by atoms with Crippen LogP contribution in [0.1, 0.15) is 28.5 Å². The van der Waals surface area contributed by atoms with E-state index in [9.17, 15) is 31.1 Å². The van der Waals surface area contributed by atoms with Crippen molar-refractivity contribution in [2.24, 2.45) is 10.7 Å². The number of ether oxygens (including phenoxy) is 1. The first-order valence-electron chi connectivity index (χ1n) is 8.88. The number of anilines is 1. The first-order valence-corrected chi connectivity index (χ1v) is 9.26. The molecule has 2 aromatic rings. The highest BCUT2D eigenvalue weighted by molar-refractivity contribution is 6.34. The maximum absolute atomic E-state index is 14.7. The molecule has 1 aliphatic rings. The molecule has 1 atom stereocenters. The lowest BCUT2D eigenvalue weighted by Gasteiger charge is -2.33. The average molecular weight is 481 g/mol. The Labute approximate surface area is 182 Å². The standard InChI is InChI=1S/C19H15ClF6N4O2/c1-17(18(22,23)8-32-7-14(27)30-17)11-5-10(2-3-13(11)21)29-16(31)15-12(20)4-9(6-28-15)19(24,25)26/h2-6H,7-8H2,1H3,(H2,27,30)(H,29,31)/t17-/m1/s1. The molecule has 0 aliphatic carbocycles. The Kier molecular flexibility index (Phi) is 6.13. The highest BCUT2D eigenvalue weighted by Gasteiger charge is 2.54. The van der Waals surface area contributed by atoms with Gasteiger partial charge in [0.15, 0.2) is 5.54 Å². The fourth-order valence-corrected chi connectivity index (χ4v) is 3.26. The molecule has 13 heteroatoms. The molecule has 6 nitrogen and oxygen atoms in total. The Balaban J connectivity index is 1.96. The van der Waals surface area contributed by atoms with E-state index in [1.165, 1.54) is 0 Å².